The summed E-state index contributed by atoms with van der Waals surface area (Å²) in [6.45, 7) is 2.22. The van der Waals surface area contributed by atoms with E-state index in [0.717, 1.165) is 30.1 Å². The molecule has 27 heavy (non-hydrogen) atoms. The van der Waals surface area contributed by atoms with Crippen LogP contribution in [0.25, 0.3) is 0 Å². The molecule has 1 atom stereocenters. The molecule has 2 amide bonds. The van der Waals surface area contributed by atoms with Crippen LogP contribution in [0.15, 0.2) is 30.3 Å². The van der Waals surface area contributed by atoms with Crippen LogP contribution in [0.5, 0.6) is 5.75 Å². The number of thiophene rings is 1. The van der Waals surface area contributed by atoms with Crippen molar-refractivity contribution in [1.29, 1.82) is 0 Å². The van der Waals surface area contributed by atoms with Crippen molar-refractivity contribution in [2.75, 3.05) is 7.11 Å². The number of fused-ring (bicyclic) bond motifs is 1. The van der Waals surface area contributed by atoms with E-state index in [0.29, 0.717) is 11.3 Å². The molecule has 3 rings (SSSR count). The van der Waals surface area contributed by atoms with Gasteiger partial charge in [-0.1, -0.05) is 31.5 Å². The van der Waals surface area contributed by atoms with Gasteiger partial charge in [0.15, 0.2) is 0 Å². The van der Waals surface area contributed by atoms with Crippen molar-refractivity contribution in [2.45, 2.75) is 45.4 Å². The number of carbonyl (C=O) groups is 2. The third kappa shape index (κ3) is 4.89. The van der Waals surface area contributed by atoms with Crippen molar-refractivity contribution in [2.24, 2.45) is 5.92 Å². The zero-order valence-corrected chi connectivity index (χ0v) is 16.7. The molecule has 1 aliphatic rings. The molecule has 0 aliphatic heterocycles. The Bertz CT molecular complexity index is 816. The highest BCUT2D eigenvalue weighted by atomic mass is 32.1. The Kier molecular flexibility index (Phi) is 6.50. The molecule has 1 aromatic heterocycles. The summed E-state index contributed by atoms with van der Waals surface area (Å²) in [5, 5.41) is 0. The number of hydrogen-bond donors (Lipinski definition) is 2. The van der Waals surface area contributed by atoms with Crippen molar-refractivity contribution in [3.05, 3.63) is 51.2 Å². The minimum atomic E-state index is -0.243. The Morgan fingerprint density at radius 3 is 2.85 bits per heavy atom. The van der Waals surface area contributed by atoms with Gasteiger partial charge in [-0.25, -0.2) is 0 Å². The number of methoxy groups -OCH3 is 1. The molecule has 1 aromatic carbocycles. The number of para-hydroxylation sites is 1. The number of rotatable bonds is 6. The van der Waals surface area contributed by atoms with Crippen LogP contribution in [0, 0.1) is 5.92 Å². The van der Waals surface area contributed by atoms with Crippen molar-refractivity contribution in [3.8, 4) is 5.75 Å². The summed E-state index contributed by atoms with van der Waals surface area (Å²) in [6.07, 6.45) is 5.32. The zero-order chi connectivity index (χ0) is 19.2. The molecule has 0 fully saturated rings. The van der Waals surface area contributed by atoms with Crippen LogP contribution in [-0.2, 0) is 24.1 Å². The van der Waals surface area contributed by atoms with Crippen LogP contribution >= 0.6 is 11.3 Å². The van der Waals surface area contributed by atoms with Gasteiger partial charge in [0, 0.05) is 11.3 Å². The first kappa shape index (κ1) is 19.4. The Hall–Kier alpha value is -2.34. The van der Waals surface area contributed by atoms with Gasteiger partial charge >= 0.3 is 0 Å². The highest BCUT2D eigenvalue weighted by molar-refractivity contribution is 7.14. The van der Waals surface area contributed by atoms with Gasteiger partial charge in [-0.15, -0.1) is 11.3 Å². The summed E-state index contributed by atoms with van der Waals surface area (Å²) in [5.74, 6) is 1.02. The van der Waals surface area contributed by atoms with E-state index in [1.54, 1.807) is 18.4 Å². The van der Waals surface area contributed by atoms with Gasteiger partial charge in [0.25, 0.3) is 5.91 Å². The molecule has 0 spiro atoms. The molecule has 1 heterocycles. The van der Waals surface area contributed by atoms with Gasteiger partial charge in [0.05, 0.1) is 12.0 Å². The lowest BCUT2D eigenvalue weighted by Crippen LogP contribution is -2.41. The van der Waals surface area contributed by atoms with Crippen molar-refractivity contribution >= 4 is 23.2 Å². The van der Waals surface area contributed by atoms with E-state index < -0.39 is 0 Å². The molecule has 6 heteroatoms. The van der Waals surface area contributed by atoms with Crippen molar-refractivity contribution in [3.63, 3.8) is 0 Å². The third-order valence-corrected chi connectivity index (χ3v) is 6.35. The number of amides is 2. The Balaban J connectivity index is 1.49. The standard InChI is InChI=1S/C21H26N2O3S/c1-3-14-8-10-18-16(12-14)13-19(27-18)21(25)23-22-20(24)11-9-15-6-4-5-7-17(15)26-2/h4-7,13-14H,3,8-12H2,1-2H3,(H,22,24)(H,23,25)/t14-/m1/s1. The van der Waals surface area contributed by atoms with Crippen LogP contribution in [0.4, 0.5) is 0 Å². The lowest BCUT2D eigenvalue weighted by molar-refractivity contribution is -0.121. The molecular formula is C21H26N2O3S. The van der Waals surface area contributed by atoms with E-state index in [-0.39, 0.29) is 18.2 Å². The van der Waals surface area contributed by atoms with E-state index in [1.165, 1.54) is 23.3 Å². The molecular weight excluding hydrogens is 360 g/mol. The van der Waals surface area contributed by atoms with Gasteiger partial charge in [-0.2, -0.15) is 0 Å². The molecule has 0 radical (unpaired) electrons. The molecule has 1 aliphatic carbocycles. The van der Waals surface area contributed by atoms with E-state index in [9.17, 15) is 9.59 Å². The zero-order valence-electron chi connectivity index (χ0n) is 15.8. The van der Waals surface area contributed by atoms with Crippen LogP contribution in [0.2, 0.25) is 0 Å². The van der Waals surface area contributed by atoms with Crippen LogP contribution in [0.3, 0.4) is 0 Å². The molecule has 0 saturated heterocycles. The quantitative estimate of drug-likeness (QED) is 0.745. The summed E-state index contributed by atoms with van der Waals surface area (Å²) in [6, 6.07) is 9.60. The summed E-state index contributed by atoms with van der Waals surface area (Å²) >= 11 is 1.54. The SMILES string of the molecule is CC[C@@H]1CCc2sc(C(=O)NNC(=O)CCc3ccccc3OC)cc2C1. The van der Waals surface area contributed by atoms with Gasteiger partial charge < -0.3 is 4.74 Å². The number of hydrogen-bond acceptors (Lipinski definition) is 4. The molecule has 0 bridgehead atoms. The number of carbonyl (C=O) groups excluding carboxylic acids is 2. The molecule has 144 valence electrons. The number of nitrogens with one attached hydrogen (secondary N) is 2. The van der Waals surface area contributed by atoms with Crippen LogP contribution in [-0.4, -0.2) is 18.9 Å². The van der Waals surface area contributed by atoms with E-state index >= 15 is 0 Å². The molecule has 2 N–H and O–H groups in total. The number of ether oxygens (including phenoxy) is 1. The fraction of sp³-hybridized carbons (Fsp3) is 0.429. The molecule has 0 saturated carbocycles. The largest absolute Gasteiger partial charge is 0.496 e. The second-order valence-corrected chi connectivity index (χ2v) is 8.03. The number of hydrazine groups is 1. The van der Waals surface area contributed by atoms with Crippen LogP contribution in [0.1, 0.15) is 51.9 Å². The minimum absolute atomic E-state index is 0.221. The third-order valence-electron chi connectivity index (χ3n) is 5.12. The fourth-order valence-corrected chi connectivity index (χ4v) is 4.57. The Morgan fingerprint density at radius 1 is 1.26 bits per heavy atom. The lowest BCUT2D eigenvalue weighted by atomic mass is 9.87. The summed E-state index contributed by atoms with van der Waals surface area (Å²) in [7, 11) is 1.61. The Morgan fingerprint density at radius 2 is 2.07 bits per heavy atom. The topological polar surface area (TPSA) is 67.4 Å². The highest BCUT2D eigenvalue weighted by Gasteiger charge is 2.22. The van der Waals surface area contributed by atoms with E-state index in [2.05, 4.69) is 17.8 Å². The van der Waals surface area contributed by atoms with E-state index in [4.69, 9.17) is 4.74 Å². The smallest absolute Gasteiger partial charge is 0.279 e. The Labute approximate surface area is 164 Å². The average molecular weight is 387 g/mol. The minimum Gasteiger partial charge on any atom is -0.496 e. The maximum Gasteiger partial charge on any atom is 0.279 e. The monoisotopic (exact) mass is 386 g/mol. The van der Waals surface area contributed by atoms with E-state index in [1.807, 2.05) is 30.3 Å². The predicted octanol–water partition coefficient (Wildman–Crippen LogP) is 3.67. The molecule has 0 unspecified atom stereocenters. The predicted molar refractivity (Wildman–Crippen MR) is 107 cm³/mol. The average Bonchev–Trinajstić information content (AvgIpc) is 3.13. The molecule has 5 nitrogen and oxygen atoms in total. The second-order valence-electron chi connectivity index (χ2n) is 6.89. The van der Waals surface area contributed by atoms with Gasteiger partial charge in [-0.05, 0) is 54.9 Å². The fourth-order valence-electron chi connectivity index (χ4n) is 3.47. The lowest BCUT2D eigenvalue weighted by Gasteiger charge is -2.19. The number of benzene rings is 1. The van der Waals surface area contributed by atoms with Crippen molar-refractivity contribution < 1.29 is 14.3 Å². The normalized spacial score (nSPS) is 15.7. The van der Waals surface area contributed by atoms with Gasteiger partial charge in [0.1, 0.15) is 5.75 Å². The maximum atomic E-state index is 12.4. The summed E-state index contributed by atoms with van der Waals surface area (Å²) < 4.78 is 5.29. The van der Waals surface area contributed by atoms with Gasteiger partial charge in [-0.3, -0.25) is 20.4 Å². The summed E-state index contributed by atoms with van der Waals surface area (Å²) in [5.41, 5.74) is 7.32. The first-order valence-corrected chi connectivity index (χ1v) is 10.2. The second kappa shape index (κ2) is 9.04. The molecule has 2 aromatic rings. The van der Waals surface area contributed by atoms with Crippen molar-refractivity contribution in [1.82, 2.24) is 10.9 Å². The van der Waals surface area contributed by atoms with Crippen LogP contribution < -0.4 is 15.6 Å². The first-order valence-electron chi connectivity index (χ1n) is 9.43. The van der Waals surface area contributed by atoms with Gasteiger partial charge in [0.2, 0.25) is 5.91 Å². The summed E-state index contributed by atoms with van der Waals surface area (Å²) in [4.78, 5) is 26.4. The first-order chi connectivity index (χ1) is 13.1. The number of aryl methyl sites for hydroxylation is 2. The highest BCUT2D eigenvalue weighted by Crippen LogP contribution is 2.33. The maximum absolute atomic E-state index is 12.4.